The summed E-state index contributed by atoms with van der Waals surface area (Å²) in [5, 5.41) is 13.4. The maximum Gasteiger partial charge on any atom is 0.255 e. The minimum absolute atomic E-state index is 0.280. The third kappa shape index (κ3) is 4.80. The van der Waals surface area contributed by atoms with Crippen molar-refractivity contribution in [3.05, 3.63) is 12.5 Å². The summed E-state index contributed by atoms with van der Waals surface area (Å²) in [5.74, 6) is 0. The fraction of sp³-hybridized carbons (Fsp3) is 0.667. The Morgan fingerprint density at radius 3 is 3.00 bits per heavy atom. The van der Waals surface area contributed by atoms with Crippen LogP contribution in [0.3, 0.4) is 0 Å². The van der Waals surface area contributed by atoms with Crippen LogP contribution in [-0.2, 0) is 0 Å². The molecule has 1 rings (SSSR count). The van der Waals surface area contributed by atoms with E-state index in [0.717, 1.165) is 19.4 Å². The average molecular weight is 253 g/mol. The Labute approximate surface area is 107 Å². The van der Waals surface area contributed by atoms with Crippen LogP contribution in [0.5, 0.6) is 0 Å². The first-order valence-corrected chi connectivity index (χ1v) is 6.70. The van der Waals surface area contributed by atoms with Gasteiger partial charge >= 0.3 is 0 Å². The molecule has 0 radical (unpaired) electrons. The van der Waals surface area contributed by atoms with Gasteiger partial charge in [0.2, 0.25) is 0 Å². The average Bonchev–Trinajstić information content (AvgIpc) is 2.79. The minimum Gasteiger partial charge on any atom is -0.440 e. The molecule has 94 valence electrons. The highest BCUT2D eigenvalue weighted by Crippen LogP contribution is 2.27. The van der Waals surface area contributed by atoms with Gasteiger partial charge in [-0.15, -0.1) is 0 Å². The van der Waals surface area contributed by atoms with E-state index >= 15 is 0 Å². The van der Waals surface area contributed by atoms with Gasteiger partial charge in [-0.1, -0.05) is 25.6 Å². The number of rotatable bonds is 7. The van der Waals surface area contributed by atoms with Crippen molar-refractivity contribution in [1.82, 2.24) is 10.3 Å². The number of nitrogens with one attached hydrogen (secondary N) is 1. The number of thioether (sulfide) groups is 1. The largest absolute Gasteiger partial charge is 0.440 e. The van der Waals surface area contributed by atoms with Crippen LogP contribution in [0.4, 0.5) is 0 Å². The van der Waals surface area contributed by atoms with Crippen molar-refractivity contribution in [1.29, 1.82) is 5.26 Å². The summed E-state index contributed by atoms with van der Waals surface area (Å²) in [7, 11) is 0. The lowest BCUT2D eigenvalue weighted by molar-refractivity contribution is 0.415. The summed E-state index contributed by atoms with van der Waals surface area (Å²) >= 11 is 1.56. The van der Waals surface area contributed by atoms with Gasteiger partial charge < -0.3 is 4.42 Å². The Bertz CT molecular complexity index is 360. The van der Waals surface area contributed by atoms with Crippen LogP contribution in [0, 0.1) is 11.3 Å². The Morgan fingerprint density at radius 1 is 1.71 bits per heavy atom. The molecule has 1 heterocycles. The topological polar surface area (TPSA) is 61.9 Å². The molecule has 17 heavy (non-hydrogen) atoms. The summed E-state index contributed by atoms with van der Waals surface area (Å²) in [6.45, 7) is 6.98. The molecule has 0 aliphatic carbocycles. The van der Waals surface area contributed by atoms with E-state index in [2.05, 4.69) is 30.2 Å². The zero-order chi connectivity index (χ0) is 12.7. The van der Waals surface area contributed by atoms with Crippen molar-refractivity contribution in [2.75, 3.05) is 6.54 Å². The van der Waals surface area contributed by atoms with E-state index in [1.807, 2.05) is 6.92 Å². The van der Waals surface area contributed by atoms with Crippen molar-refractivity contribution >= 4 is 11.8 Å². The smallest absolute Gasteiger partial charge is 0.255 e. The van der Waals surface area contributed by atoms with Gasteiger partial charge in [0, 0.05) is 5.25 Å². The molecule has 1 N–H and O–H groups in total. The van der Waals surface area contributed by atoms with Gasteiger partial charge in [-0.05, 0) is 26.3 Å². The Morgan fingerprint density at radius 2 is 2.47 bits per heavy atom. The summed E-state index contributed by atoms with van der Waals surface area (Å²) < 4.78 is 5.18. The minimum atomic E-state index is -0.477. The van der Waals surface area contributed by atoms with Crippen molar-refractivity contribution in [3.63, 3.8) is 0 Å². The Balaban J connectivity index is 2.47. The molecule has 2 unspecified atom stereocenters. The van der Waals surface area contributed by atoms with Gasteiger partial charge in [0.1, 0.15) is 11.8 Å². The zero-order valence-corrected chi connectivity index (χ0v) is 11.4. The van der Waals surface area contributed by atoms with Crippen molar-refractivity contribution < 1.29 is 4.42 Å². The van der Waals surface area contributed by atoms with E-state index < -0.39 is 5.54 Å². The van der Waals surface area contributed by atoms with E-state index in [1.165, 1.54) is 0 Å². The van der Waals surface area contributed by atoms with Gasteiger partial charge in [0.05, 0.1) is 12.3 Å². The molecule has 0 aliphatic rings. The van der Waals surface area contributed by atoms with Crippen molar-refractivity contribution in [2.45, 2.75) is 49.6 Å². The van der Waals surface area contributed by atoms with Crippen molar-refractivity contribution in [2.24, 2.45) is 0 Å². The van der Waals surface area contributed by atoms with Crippen LogP contribution in [0.25, 0.3) is 0 Å². The van der Waals surface area contributed by atoms with Crippen LogP contribution >= 0.6 is 11.8 Å². The fourth-order valence-electron chi connectivity index (χ4n) is 1.62. The van der Waals surface area contributed by atoms with E-state index in [-0.39, 0.29) is 5.25 Å². The molecule has 4 nitrogen and oxygen atoms in total. The standard InChI is InChI=1S/C12H19N3OS/c1-4-5-15-12(3,9-13)8-10(2)17-11-14-6-7-16-11/h6-7,10,15H,4-5,8H2,1-3H3. The van der Waals surface area contributed by atoms with E-state index in [0.29, 0.717) is 5.22 Å². The summed E-state index contributed by atoms with van der Waals surface area (Å²) in [6.07, 6.45) is 4.98. The fourth-order valence-corrected chi connectivity index (χ4v) is 2.61. The van der Waals surface area contributed by atoms with Crippen LogP contribution in [0.2, 0.25) is 0 Å². The maximum absolute atomic E-state index is 9.23. The number of nitrogens with zero attached hydrogens (tertiary/aromatic N) is 2. The predicted molar refractivity (Wildman–Crippen MR) is 68.8 cm³/mol. The highest BCUT2D eigenvalue weighted by molar-refractivity contribution is 7.99. The number of hydrogen-bond donors (Lipinski definition) is 1. The molecular formula is C12H19N3OS. The van der Waals surface area contributed by atoms with Gasteiger partial charge in [-0.2, -0.15) is 5.26 Å². The highest BCUT2D eigenvalue weighted by Gasteiger charge is 2.26. The quantitative estimate of drug-likeness (QED) is 0.757. The molecule has 0 saturated carbocycles. The molecule has 0 amide bonds. The molecule has 1 aromatic rings. The van der Waals surface area contributed by atoms with E-state index in [9.17, 15) is 5.26 Å². The van der Waals surface area contributed by atoms with Gasteiger partial charge in [-0.25, -0.2) is 4.98 Å². The first-order valence-electron chi connectivity index (χ1n) is 5.82. The second-order valence-electron chi connectivity index (χ2n) is 4.30. The van der Waals surface area contributed by atoms with Crippen LogP contribution in [0.1, 0.15) is 33.6 Å². The first kappa shape index (κ1) is 14.1. The third-order valence-electron chi connectivity index (χ3n) is 2.42. The summed E-state index contributed by atoms with van der Waals surface area (Å²) in [4.78, 5) is 4.07. The van der Waals surface area contributed by atoms with E-state index in [1.54, 1.807) is 24.2 Å². The molecule has 2 atom stereocenters. The molecular weight excluding hydrogens is 234 g/mol. The third-order valence-corrected chi connectivity index (χ3v) is 3.39. The van der Waals surface area contributed by atoms with Gasteiger partial charge in [0.25, 0.3) is 5.22 Å². The van der Waals surface area contributed by atoms with Crippen LogP contribution in [0.15, 0.2) is 22.1 Å². The maximum atomic E-state index is 9.23. The summed E-state index contributed by atoms with van der Waals surface area (Å²) in [5.41, 5.74) is -0.477. The lowest BCUT2D eigenvalue weighted by Crippen LogP contribution is -2.43. The first-order chi connectivity index (χ1) is 8.09. The molecule has 0 fully saturated rings. The molecule has 5 heteroatoms. The molecule has 0 spiro atoms. The van der Waals surface area contributed by atoms with Crippen LogP contribution < -0.4 is 5.32 Å². The Hall–Kier alpha value is -0.990. The number of aromatic nitrogens is 1. The molecule has 0 aromatic carbocycles. The SMILES string of the molecule is CCCNC(C)(C#N)CC(C)Sc1ncco1. The molecule has 0 aliphatic heterocycles. The molecule has 0 saturated heterocycles. The normalized spacial score (nSPS) is 16.1. The van der Waals surface area contributed by atoms with Crippen molar-refractivity contribution in [3.8, 4) is 6.07 Å². The Kier molecular flexibility index (Phi) is 5.52. The number of oxazole rings is 1. The zero-order valence-electron chi connectivity index (χ0n) is 10.6. The monoisotopic (exact) mass is 253 g/mol. The second-order valence-corrected chi connectivity index (χ2v) is 5.69. The predicted octanol–water partition coefficient (Wildman–Crippen LogP) is 2.83. The molecule has 1 aromatic heterocycles. The summed E-state index contributed by atoms with van der Waals surface area (Å²) in [6, 6.07) is 2.35. The lowest BCUT2D eigenvalue weighted by atomic mass is 9.98. The number of nitriles is 1. The molecule has 0 bridgehead atoms. The number of hydrogen-bond acceptors (Lipinski definition) is 5. The second kappa shape index (κ2) is 6.67. The van der Waals surface area contributed by atoms with Gasteiger partial charge in [-0.3, -0.25) is 5.32 Å². The lowest BCUT2D eigenvalue weighted by Gasteiger charge is -2.25. The van der Waals surface area contributed by atoms with Gasteiger partial charge in [0.15, 0.2) is 0 Å². The van der Waals surface area contributed by atoms with E-state index in [4.69, 9.17) is 4.42 Å². The van der Waals surface area contributed by atoms with Crippen LogP contribution in [-0.4, -0.2) is 22.3 Å². The highest BCUT2D eigenvalue weighted by atomic mass is 32.2.